The third kappa shape index (κ3) is 5.16. The second-order valence-electron chi connectivity index (χ2n) is 4.01. The van der Waals surface area contributed by atoms with Crippen molar-refractivity contribution in [3.63, 3.8) is 0 Å². The van der Waals surface area contributed by atoms with Crippen molar-refractivity contribution < 1.29 is 4.79 Å². The van der Waals surface area contributed by atoms with E-state index >= 15 is 0 Å². The van der Waals surface area contributed by atoms with Gasteiger partial charge in [-0.2, -0.15) is 11.8 Å². The molecule has 1 aromatic carbocycles. The number of rotatable bonds is 6. The molecule has 0 atom stereocenters. The van der Waals surface area contributed by atoms with Crippen LogP contribution in [0, 0.1) is 0 Å². The van der Waals surface area contributed by atoms with E-state index < -0.39 is 0 Å². The molecule has 1 aromatic rings. The van der Waals surface area contributed by atoms with Gasteiger partial charge in [-0.25, -0.2) is 0 Å². The highest BCUT2D eigenvalue weighted by Gasteiger charge is 2.08. The summed E-state index contributed by atoms with van der Waals surface area (Å²) in [4.78, 5) is 13.8. The molecule has 0 aliphatic heterocycles. The highest BCUT2D eigenvalue weighted by atomic mass is 35.5. The van der Waals surface area contributed by atoms with Gasteiger partial charge in [-0.3, -0.25) is 9.69 Å². The number of anilines is 2. The van der Waals surface area contributed by atoms with Crippen molar-refractivity contribution in [2.24, 2.45) is 0 Å². The van der Waals surface area contributed by atoms with Crippen molar-refractivity contribution in [1.29, 1.82) is 0 Å². The molecule has 6 heteroatoms. The molecular formula is C12H18ClN3OS. The molecule has 0 aliphatic rings. The quantitative estimate of drug-likeness (QED) is 0.787. The standard InChI is InChI=1S/C12H18ClN3OS/c1-16(5-6-18-2)8-12(17)15-11-7-9(13)3-4-10(11)14/h3-4,7H,5-6,8,14H2,1-2H3,(H,15,17). The molecule has 0 spiro atoms. The molecule has 0 unspecified atom stereocenters. The lowest BCUT2D eigenvalue weighted by Crippen LogP contribution is -2.31. The molecule has 100 valence electrons. The van der Waals surface area contributed by atoms with E-state index in [-0.39, 0.29) is 5.91 Å². The third-order valence-corrected chi connectivity index (χ3v) is 3.21. The number of nitrogens with one attached hydrogen (secondary N) is 1. The van der Waals surface area contributed by atoms with Crippen LogP contribution in [0.25, 0.3) is 0 Å². The Balaban J connectivity index is 2.51. The van der Waals surface area contributed by atoms with Gasteiger partial charge in [0, 0.05) is 17.3 Å². The maximum absolute atomic E-state index is 11.8. The Labute approximate surface area is 117 Å². The van der Waals surface area contributed by atoms with E-state index in [1.807, 2.05) is 18.2 Å². The monoisotopic (exact) mass is 287 g/mol. The first-order valence-electron chi connectivity index (χ1n) is 5.55. The highest BCUT2D eigenvalue weighted by molar-refractivity contribution is 7.98. The van der Waals surface area contributed by atoms with E-state index in [0.717, 1.165) is 12.3 Å². The van der Waals surface area contributed by atoms with Crippen molar-refractivity contribution in [1.82, 2.24) is 4.90 Å². The Hall–Kier alpha value is -0.910. The van der Waals surface area contributed by atoms with E-state index in [2.05, 4.69) is 5.32 Å². The van der Waals surface area contributed by atoms with Gasteiger partial charge in [0.05, 0.1) is 17.9 Å². The van der Waals surface area contributed by atoms with Crippen LogP contribution in [0.15, 0.2) is 18.2 Å². The number of hydrogen-bond acceptors (Lipinski definition) is 4. The molecule has 0 heterocycles. The number of likely N-dealkylation sites (N-methyl/N-ethyl adjacent to an activating group) is 1. The van der Waals surface area contributed by atoms with E-state index in [4.69, 9.17) is 17.3 Å². The number of nitrogens with zero attached hydrogens (tertiary/aromatic N) is 1. The van der Waals surface area contributed by atoms with Crippen LogP contribution >= 0.6 is 23.4 Å². The van der Waals surface area contributed by atoms with Crippen LogP contribution in [0.1, 0.15) is 0 Å². The number of nitrogen functional groups attached to an aromatic ring is 1. The van der Waals surface area contributed by atoms with Crippen molar-refractivity contribution in [2.45, 2.75) is 0 Å². The number of halogens is 1. The molecule has 0 aromatic heterocycles. The number of hydrogen-bond donors (Lipinski definition) is 2. The first-order chi connectivity index (χ1) is 8.52. The molecule has 4 nitrogen and oxygen atoms in total. The van der Waals surface area contributed by atoms with Crippen LogP contribution < -0.4 is 11.1 Å². The minimum Gasteiger partial charge on any atom is -0.397 e. The van der Waals surface area contributed by atoms with Crippen LogP contribution in [0.2, 0.25) is 5.02 Å². The summed E-state index contributed by atoms with van der Waals surface area (Å²) in [6, 6.07) is 5.02. The van der Waals surface area contributed by atoms with Crippen molar-refractivity contribution in [3.05, 3.63) is 23.2 Å². The number of benzene rings is 1. The molecule has 1 rings (SSSR count). The normalized spacial score (nSPS) is 10.7. The minimum atomic E-state index is -0.0902. The fourth-order valence-electron chi connectivity index (χ4n) is 1.40. The summed E-state index contributed by atoms with van der Waals surface area (Å²) in [6.45, 7) is 1.21. The Morgan fingerprint density at radius 2 is 2.28 bits per heavy atom. The van der Waals surface area contributed by atoms with Gasteiger partial charge >= 0.3 is 0 Å². The van der Waals surface area contributed by atoms with Gasteiger partial charge < -0.3 is 11.1 Å². The largest absolute Gasteiger partial charge is 0.397 e. The van der Waals surface area contributed by atoms with Gasteiger partial charge in [-0.15, -0.1) is 0 Å². The zero-order valence-corrected chi connectivity index (χ0v) is 12.1. The molecule has 18 heavy (non-hydrogen) atoms. The van der Waals surface area contributed by atoms with Crippen LogP contribution in [0.4, 0.5) is 11.4 Å². The Morgan fingerprint density at radius 3 is 2.94 bits per heavy atom. The number of carbonyl (C=O) groups is 1. The maximum atomic E-state index is 11.8. The average molecular weight is 288 g/mol. The summed E-state index contributed by atoms with van der Waals surface area (Å²) >= 11 is 7.61. The molecule has 0 bridgehead atoms. The second kappa shape index (κ2) is 7.51. The SMILES string of the molecule is CSCCN(C)CC(=O)Nc1cc(Cl)ccc1N. The van der Waals surface area contributed by atoms with Crippen molar-refractivity contribution in [3.8, 4) is 0 Å². The fourth-order valence-corrected chi connectivity index (χ4v) is 2.06. The Morgan fingerprint density at radius 1 is 1.56 bits per heavy atom. The lowest BCUT2D eigenvalue weighted by atomic mass is 10.2. The summed E-state index contributed by atoms with van der Waals surface area (Å²) in [5.41, 5.74) is 6.83. The van der Waals surface area contributed by atoms with Crippen molar-refractivity contribution >= 4 is 40.6 Å². The molecule has 0 saturated heterocycles. The van der Waals surface area contributed by atoms with Gasteiger partial charge in [0.25, 0.3) is 0 Å². The lowest BCUT2D eigenvalue weighted by molar-refractivity contribution is -0.117. The zero-order chi connectivity index (χ0) is 13.5. The van der Waals surface area contributed by atoms with Gasteiger partial charge in [-0.05, 0) is 31.5 Å². The van der Waals surface area contributed by atoms with Gasteiger partial charge in [0.15, 0.2) is 0 Å². The maximum Gasteiger partial charge on any atom is 0.238 e. The Kier molecular flexibility index (Phi) is 6.32. The number of carbonyl (C=O) groups excluding carboxylic acids is 1. The van der Waals surface area contributed by atoms with Crippen molar-refractivity contribution in [2.75, 3.05) is 43.2 Å². The first-order valence-corrected chi connectivity index (χ1v) is 7.32. The summed E-state index contributed by atoms with van der Waals surface area (Å²) in [5, 5.41) is 3.31. The number of nitrogens with two attached hydrogens (primary N) is 1. The molecule has 0 fully saturated rings. The summed E-state index contributed by atoms with van der Waals surface area (Å²) < 4.78 is 0. The summed E-state index contributed by atoms with van der Waals surface area (Å²) in [6.07, 6.45) is 2.04. The minimum absolute atomic E-state index is 0.0902. The van der Waals surface area contributed by atoms with Crippen LogP contribution in [0.3, 0.4) is 0 Å². The lowest BCUT2D eigenvalue weighted by Gasteiger charge is -2.16. The Bertz CT molecular complexity index is 414. The highest BCUT2D eigenvalue weighted by Crippen LogP contribution is 2.22. The molecular weight excluding hydrogens is 270 g/mol. The van der Waals surface area contributed by atoms with Gasteiger partial charge in [0.1, 0.15) is 0 Å². The topological polar surface area (TPSA) is 58.4 Å². The van der Waals surface area contributed by atoms with Crippen LogP contribution in [0.5, 0.6) is 0 Å². The van der Waals surface area contributed by atoms with E-state index in [0.29, 0.717) is 22.9 Å². The van der Waals surface area contributed by atoms with Gasteiger partial charge in [0.2, 0.25) is 5.91 Å². The van der Waals surface area contributed by atoms with E-state index in [1.165, 1.54) is 0 Å². The average Bonchev–Trinajstić information content (AvgIpc) is 2.31. The fraction of sp³-hybridized carbons (Fsp3) is 0.417. The predicted molar refractivity (Wildman–Crippen MR) is 80.4 cm³/mol. The molecule has 0 saturated carbocycles. The smallest absolute Gasteiger partial charge is 0.238 e. The molecule has 1 amide bonds. The number of amides is 1. The van der Waals surface area contributed by atoms with Crippen LogP contribution in [-0.2, 0) is 4.79 Å². The summed E-state index contributed by atoms with van der Waals surface area (Å²) in [5.74, 6) is 0.913. The molecule has 0 aliphatic carbocycles. The predicted octanol–water partition coefficient (Wildman–Crippen LogP) is 2.16. The number of thioether (sulfide) groups is 1. The van der Waals surface area contributed by atoms with E-state index in [1.54, 1.807) is 30.0 Å². The molecule has 3 N–H and O–H groups in total. The van der Waals surface area contributed by atoms with E-state index in [9.17, 15) is 4.79 Å². The zero-order valence-electron chi connectivity index (χ0n) is 10.6. The third-order valence-electron chi connectivity index (χ3n) is 2.38. The first kappa shape index (κ1) is 15.1. The van der Waals surface area contributed by atoms with Gasteiger partial charge in [-0.1, -0.05) is 11.6 Å². The van der Waals surface area contributed by atoms with Crippen LogP contribution in [-0.4, -0.2) is 43.0 Å². The molecule has 0 radical (unpaired) electrons. The summed E-state index contributed by atoms with van der Waals surface area (Å²) in [7, 11) is 1.91. The second-order valence-corrected chi connectivity index (χ2v) is 5.43.